The molecule has 2 aromatic rings. The summed E-state index contributed by atoms with van der Waals surface area (Å²) in [5.41, 5.74) is 0.269. The molecule has 0 unspecified atom stereocenters. The van der Waals surface area contributed by atoms with Gasteiger partial charge in [0.05, 0.1) is 0 Å². The molecule has 0 saturated heterocycles. The van der Waals surface area contributed by atoms with Crippen molar-refractivity contribution in [2.24, 2.45) is 0 Å². The van der Waals surface area contributed by atoms with Crippen molar-refractivity contribution in [1.82, 2.24) is 20.0 Å². The van der Waals surface area contributed by atoms with E-state index < -0.39 is 0 Å². The highest BCUT2D eigenvalue weighted by molar-refractivity contribution is 6.02. The zero-order valence-electron chi connectivity index (χ0n) is 13.0. The summed E-state index contributed by atoms with van der Waals surface area (Å²) >= 11 is 0. The monoisotopic (exact) mass is 304 g/mol. The highest BCUT2D eigenvalue weighted by atomic mass is 16.5. The van der Waals surface area contributed by atoms with Crippen molar-refractivity contribution >= 4 is 17.7 Å². The lowest BCUT2D eigenvalue weighted by Crippen LogP contribution is -2.18. The van der Waals surface area contributed by atoms with Crippen molar-refractivity contribution in [2.75, 3.05) is 37.8 Å². The second-order valence-corrected chi connectivity index (χ2v) is 5.13. The number of hydrogen-bond acceptors (Lipinski definition) is 7. The minimum absolute atomic E-state index is 0.269. The maximum atomic E-state index is 12.1. The molecule has 2 aromatic heterocycles. The first-order chi connectivity index (χ1) is 10.5. The molecule has 22 heavy (non-hydrogen) atoms. The maximum Gasteiger partial charge on any atom is 0.275 e. The molecule has 0 radical (unpaired) electrons. The van der Waals surface area contributed by atoms with Gasteiger partial charge in [0, 0.05) is 18.8 Å². The summed E-state index contributed by atoms with van der Waals surface area (Å²) in [4.78, 5) is 22.5. The third-order valence-corrected chi connectivity index (χ3v) is 2.82. The van der Waals surface area contributed by atoms with Crippen LogP contribution in [-0.2, 0) is 0 Å². The predicted molar refractivity (Wildman–Crippen MR) is 82.9 cm³/mol. The second-order valence-electron chi connectivity index (χ2n) is 5.13. The molecule has 2 N–H and O–H groups in total. The third-order valence-electron chi connectivity index (χ3n) is 2.82. The Kier molecular flexibility index (Phi) is 5.42. The van der Waals surface area contributed by atoms with Crippen LogP contribution in [0.1, 0.15) is 22.7 Å². The quantitative estimate of drug-likeness (QED) is 0.746. The van der Waals surface area contributed by atoms with Crippen LogP contribution in [0.15, 0.2) is 22.9 Å². The summed E-state index contributed by atoms with van der Waals surface area (Å²) in [6.07, 6.45) is 2.51. The number of amides is 1. The molecule has 2 heterocycles. The lowest BCUT2D eigenvalue weighted by atomic mass is 10.3. The number of anilines is 2. The minimum atomic E-state index is -0.355. The lowest BCUT2D eigenvalue weighted by molar-refractivity contribution is 0.102. The molecular formula is C14H20N6O2. The molecule has 0 aromatic carbocycles. The fourth-order valence-corrected chi connectivity index (χ4v) is 1.77. The van der Waals surface area contributed by atoms with Crippen LogP contribution >= 0.6 is 0 Å². The van der Waals surface area contributed by atoms with Crippen molar-refractivity contribution in [3.05, 3.63) is 29.8 Å². The Bertz CT molecular complexity index is 625. The molecule has 0 aliphatic carbocycles. The zero-order valence-corrected chi connectivity index (χ0v) is 13.0. The van der Waals surface area contributed by atoms with Gasteiger partial charge in [-0.3, -0.25) is 4.79 Å². The second kappa shape index (κ2) is 7.51. The molecule has 8 nitrogen and oxygen atoms in total. The van der Waals surface area contributed by atoms with E-state index in [0.29, 0.717) is 17.5 Å². The Labute approximate surface area is 128 Å². The van der Waals surface area contributed by atoms with Crippen LogP contribution in [0, 0.1) is 6.92 Å². The number of nitrogens with one attached hydrogen (secondary N) is 2. The van der Waals surface area contributed by atoms with E-state index in [1.54, 1.807) is 25.3 Å². The summed E-state index contributed by atoms with van der Waals surface area (Å²) in [6, 6.07) is 3.19. The van der Waals surface area contributed by atoms with E-state index in [1.807, 2.05) is 14.1 Å². The van der Waals surface area contributed by atoms with Gasteiger partial charge in [-0.2, -0.15) is 0 Å². The van der Waals surface area contributed by atoms with Gasteiger partial charge in [-0.1, -0.05) is 5.16 Å². The Hall–Kier alpha value is -2.48. The van der Waals surface area contributed by atoms with Crippen molar-refractivity contribution in [3.8, 4) is 0 Å². The topological polar surface area (TPSA) is 96.2 Å². The summed E-state index contributed by atoms with van der Waals surface area (Å²) < 4.78 is 4.90. The molecule has 0 aliphatic heterocycles. The molecule has 0 spiro atoms. The first-order valence-electron chi connectivity index (χ1n) is 7.01. The van der Waals surface area contributed by atoms with Crippen LogP contribution in [0.3, 0.4) is 0 Å². The summed E-state index contributed by atoms with van der Waals surface area (Å²) in [6.45, 7) is 3.47. The first kappa shape index (κ1) is 15.9. The standard InChI is InChI=1S/C14H20N6O2/c1-10-9-12(19-22-10)18-13(21)11-5-7-16-14(17-11)15-6-4-8-20(2)3/h5,7,9H,4,6,8H2,1-3H3,(H,15,16,17)(H,18,19,21). The molecular weight excluding hydrogens is 284 g/mol. The van der Waals surface area contributed by atoms with Gasteiger partial charge in [0.25, 0.3) is 5.91 Å². The van der Waals surface area contributed by atoms with Gasteiger partial charge in [-0.25, -0.2) is 9.97 Å². The number of hydrogen-bond donors (Lipinski definition) is 2. The van der Waals surface area contributed by atoms with Crippen molar-refractivity contribution < 1.29 is 9.32 Å². The van der Waals surface area contributed by atoms with Crippen LogP contribution in [0.5, 0.6) is 0 Å². The van der Waals surface area contributed by atoms with Crippen LogP contribution in [0.25, 0.3) is 0 Å². The molecule has 2 rings (SSSR count). The SMILES string of the molecule is Cc1cc(NC(=O)c2ccnc(NCCCN(C)C)n2)no1. The van der Waals surface area contributed by atoms with Gasteiger partial charge in [-0.15, -0.1) is 0 Å². The van der Waals surface area contributed by atoms with Gasteiger partial charge in [0.15, 0.2) is 5.82 Å². The van der Waals surface area contributed by atoms with E-state index >= 15 is 0 Å². The van der Waals surface area contributed by atoms with Crippen LogP contribution in [0.2, 0.25) is 0 Å². The number of aromatic nitrogens is 3. The Morgan fingerprint density at radius 3 is 2.91 bits per heavy atom. The fraction of sp³-hybridized carbons (Fsp3) is 0.429. The number of carbonyl (C=O) groups excluding carboxylic acids is 1. The van der Waals surface area contributed by atoms with E-state index in [9.17, 15) is 4.79 Å². The van der Waals surface area contributed by atoms with Crippen LogP contribution in [-0.4, -0.2) is 53.1 Å². The minimum Gasteiger partial charge on any atom is -0.360 e. The summed E-state index contributed by atoms with van der Waals surface area (Å²) in [5, 5.41) is 9.43. The molecule has 0 bridgehead atoms. The van der Waals surface area contributed by atoms with E-state index in [0.717, 1.165) is 19.5 Å². The summed E-state index contributed by atoms with van der Waals surface area (Å²) in [7, 11) is 4.04. The van der Waals surface area contributed by atoms with E-state index in [1.165, 1.54) is 0 Å². The van der Waals surface area contributed by atoms with Gasteiger partial charge in [0.1, 0.15) is 11.5 Å². The number of nitrogens with zero attached hydrogens (tertiary/aromatic N) is 4. The molecule has 0 saturated carbocycles. The first-order valence-corrected chi connectivity index (χ1v) is 7.01. The number of rotatable bonds is 7. The smallest absolute Gasteiger partial charge is 0.275 e. The van der Waals surface area contributed by atoms with E-state index in [-0.39, 0.29) is 11.6 Å². The highest BCUT2D eigenvalue weighted by Crippen LogP contribution is 2.09. The lowest BCUT2D eigenvalue weighted by Gasteiger charge is -2.10. The number of aryl methyl sites for hydroxylation is 1. The molecule has 0 fully saturated rings. The third kappa shape index (κ3) is 4.81. The maximum absolute atomic E-state index is 12.1. The normalized spacial score (nSPS) is 10.7. The predicted octanol–water partition coefficient (Wildman–Crippen LogP) is 1.39. The highest BCUT2D eigenvalue weighted by Gasteiger charge is 2.11. The average Bonchev–Trinajstić information content (AvgIpc) is 2.89. The Balaban J connectivity index is 1.91. The largest absolute Gasteiger partial charge is 0.360 e. The van der Waals surface area contributed by atoms with E-state index in [2.05, 4.69) is 30.7 Å². The van der Waals surface area contributed by atoms with Crippen molar-refractivity contribution in [2.45, 2.75) is 13.3 Å². The molecule has 8 heteroatoms. The van der Waals surface area contributed by atoms with Crippen molar-refractivity contribution in [3.63, 3.8) is 0 Å². The zero-order chi connectivity index (χ0) is 15.9. The van der Waals surface area contributed by atoms with Gasteiger partial charge < -0.3 is 20.1 Å². The Morgan fingerprint density at radius 1 is 1.41 bits per heavy atom. The van der Waals surface area contributed by atoms with Crippen LogP contribution in [0.4, 0.5) is 11.8 Å². The molecule has 118 valence electrons. The Morgan fingerprint density at radius 2 is 2.23 bits per heavy atom. The summed E-state index contributed by atoms with van der Waals surface area (Å²) in [5.74, 6) is 1.07. The fourth-order valence-electron chi connectivity index (χ4n) is 1.77. The van der Waals surface area contributed by atoms with Gasteiger partial charge in [-0.05, 0) is 40.1 Å². The van der Waals surface area contributed by atoms with Gasteiger partial charge >= 0.3 is 0 Å². The van der Waals surface area contributed by atoms with E-state index in [4.69, 9.17) is 4.52 Å². The molecule has 0 aliphatic rings. The molecule has 0 atom stereocenters. The average molecular weight is 304 g/mol. The molecule has 1 amide bonds. The van der Waals surface area contributed by atoms with Gasteiger partial charge in [0.2, 0.25) is 5.95 Å². The number of carbonyl (C=O) groups is 1. The van der Waals surface area contributed by atoms with Crippen molar-refractivity contribution in [1.29, 1.82) is 0 Å². The van der Waals surface area contributed by atoms with Crippen LogP contribution < -0.4 is 10.6 Å².